The van der Waals surface area contributed by atoms with Crippen LogP contribution >= 0.6 is 0 Å². The molecule has 1 aromatic carbocycles. The van der Waals surface area contributed by atoms with Crippen molar-refractivity contribution < 1.29 is 18.0 Å². The predicted molar refractivity (Wildman–Crippen MR) is 49.4 cm³/mol. The van der Waals surface area contributed by atoms with E-state index in [2.05, 4.69) is 0 Å². The van der Waals surface area contributed by atoms with Gasteiger partial charge in [-0.15, -0.1) is 0 Å². The summed E-state index contributed by atoms with van der Waals surface area (Å²) in [6.07, 6.45) is -4.55. The van der Waals surface area contributed by atoms with E-state index in [0.29, 0.717) is 6.07 Å². The number of nitrogens with zero attached hydrogens (tertiary/aromatic N) is 1. The summed E-state index contributed by atoms with van der Waals surface area (Å²) in [5, 5.41) is 8.66. The highest BCUT2D eigenvalue weighted by molar-refractivity contribution is 5.96. The first-order valence-electron chi connectivity index (χ1n) is 4.19. The molecule has 2 N–H and O–H groups in total. The molecule has 1 rings (SSSR count). The van der Waals surface area contributed by atoms with Crippen LogP contribution in [0, 0.1) is 18.3 Å². The van der Waals surface area contributed by atoms with Gasteiger partial charge < -0.3 is 5.73 Å². The van der Waals surface area contributed by atoms with Gasteiger partial charge in [0.1, 0.15) is 0 Å². The molecule has 0 radical (unpaired) electrons. The van der Waals surface area contributed by atoms with E-state index < -0.39 is 17.6 Å². The first-order valence-corrected chi connectivity index (χ1v) is 4.19. The Kier molecular flexibility index (Phi) is 2.90. The van der Waals surface area contributed by atoms with Gasteiger partial charge in [0, 0.05) is 0 Å². The monoisotopic (exact) mass is 228 g/mol. The summed E-state index contributed by atoms with van der Waals surface area (Å²) in [7, 11) is 0. The van der Waals surface area contributed by atoms with Crippen LogP contribution in [0.25, 0.3) is 0 Å². The molecule has 0 aliphatic heterocycles. The number of benzene rings is 1. The molecule has 84 valence electrons. The molecule has 0 saturated heterocycles. The Hall–Kier alpha value is -2.03. The van der Waals surface area contributed by atoms with E-state index in [9.17, 15) is 18.0 Å². The number of halogens is 3. The lowest BCUT2D eigenvalue weighted by molar-refractivity contribution is -0.137. The number of carbonyl (C=O) groups is 1. The maximum absolute atomic E-state index is 12.4. The molecule has 0 unspecified atom stereocenters. The molecule has 0 heterocycles. The summed E-state index contributed by atoms with van der Waals surface area (Å²) in [6.45, 7) is 1.30. The first-order chi connectivity index (χ1) is 7.27. The van der Waals surface area contributed by atoms with E-state index in [1.54, 1.807) is 0 Å². The van der Waals surface area contributed by atoms with Gasteiger partial charge >= 0.3 is 6.18 Å². The minimum Gasteiger partial charge on any atom is -0.366 e. The summed E-state index contributed by atoms with van der Waals surface area (Å²) in [5.41, 5.74) is 3.52. The Morgan fingerprint density at radius 3 is 2.38 bits per heavy atom. The molecular formula is C10H7F3N2O. The van der Waals surface area contributed by atoms with Gasteiger partial charge in [0.05, 0.1) is 22.8 Å². The summed E-state index contributed by atoms with van der Waals surface area (Å²) in [4.78, 5) is 11.0. The van der Waals surface area contributed by atoms with Crippen LogP contribution in [0.15, 0.2) is 12.1 Å². The van der Waals surface area contributed by atoms with Crippen LogP contribution in [0.3, 0.4) is 0 Å². The Morgan fingerprint density at radius 1 is 1.44 bits per heavy atom. The quantitative estimate of drug-likeness (QED) is 0.798. The average molecular weight is 228 g/mol. The van der Waals surface area contributed by atoms with Crippen LogP contribution in [0.2, 0.25) is 0 Å². The zero-order chi connectivity index (χ0) is 12.5. The second-order valence-electron chi connectivity index (χ2n) is 3.19. The van der Waals surface area contributed by atoms with Gasteiger partial charge in [-0.2, -0.15) is 18.4 Å². The molecular weight excluding hydrogens is 221 g/mol. The highest BCUT2D eigenvalue weighted by Gasteiger charge is 2.32. The number of hydrogen-bond donors (Lipinski definition) is 1. The third-order valence-corrected chi connectivity index (χ3v) is 2.03. The van der Waals surface area contributed by atoms with Crippen molar-refractivity contribution in [2.45, 2.75) is 13.1 Å². The molecule has 0 bridgehead atoms. The van der Waals surface area contributed by atoms with Crippen LogP contribution in [0.1, 0.15) is 27.0 Å². The fraction of sp³-hybridized carbons (Fsp3) is 0.200. The molecule has 0 aliphatic rings. The number of alkyl halides is 3. The standard InChI is InChI=1S/C10H7F3N2O/c1-5-2-7(10(11,12)13)3-6(4-14)8(5)9(15)16/h2-3H,1H3,(H2,15,16). The second-order valence-corrected chi connectivity index (χ2v) is 3.19. The number of aryl methyl sites for hydroxylation is 1. The van der Waals surface area contributed by atoms with Crippen LogP contribution < -0.4 is 5.73 Å². The highest BCUT2D eigenvalue weighted by atomic mass is 19.4. The van der Waals surface area contributed by atoms with Gasteiger partial charge in [0.25, 0.3) is 0 Å². The van der Waals surface area contributed by atoms with Crippen LogP contribution in [0.5, 0.6) is 0 Å². The van der Waals surface area contributed by atoms with E-state index >= 15 is 0 Å². The van der Waals surface area contributed by atoms with Gasteiger partial charge in [0.2, 0.25) is 5.91 Å². The number of primary amides is 1. The van der Waals surface area contributed by atoms with Crippen molar-refractivity contribution >= 4 is 5.91 Å². The fourth-order valence-corrected chi connectivity index (χ4v) is 1.37. The minimum atomic E-state index is -4.55. The van der Waals surface area contributed by atoms with Gasteiger partial charge in [-0.25, -0.2) is 0 Å². The normalized spacial score (nSPS) is 10.9. The molecule has 0 aliphatic carbocycles. The number of hydrogen-bond acceptors (Lipinski definition) is 2. The zero-order valence-corrected chi connectivity index (χ0v) is 8.22. The van der Waals surface area contributed by atoms with Crippen LogP contribution in [-0.2, 0) is 6.18 Å². The van der Waals surface area contributed by atoms with Crippen molar-refractivity contribution in [3.05, 3.63) is 34.4 Å². The molecule has 0 atom stereocenters. The fourth-order valence-electron chi connectivity index (χ4n) is 1.37. The third-order valence-electron chi connectivity index (χ3n) is 2.03. The highest BCUT2D eigenvalue weighted by Crippen LogP contribution is 2.31. The van der Waals surface area contributed by atoms with Crippen molar-refractivity contribution in [2.75, 3.05) is 0 Å². The third kappa shape index (κ3) is 2.14. The minimum absolute atomic E-state index is 0.0406. The topological polar surface area (TPSA) is 66.9 Å². The van der Waals surface area contributed by atoms with Gasteiger partial charge in [0.15, 0.2) is 0 Å². The van der Waals surface area contributed by atoms with E-state index in [4.69, 9.17) is 11.0 Å². The summed E-state index contributed by atoms with van der Waals surface area (Å²) in [6, 6.07) is 2.94. The number of nitriles is 1. The number of nitrogens with two attached hydrogens (primary N) is 1. The molecule has 0 spiro atoms. The lowest BCUT2D eigenvalue weighted by Crippen LogP contribution is -2.16. The van der Waals surface area contributed by atoms with Crippen molar-refractivity contribution in [3.63, 3.8) is 0 Å². The maximum atomic E-state index is 12.4. The van der Waals surface area contributed by atoms with Crippen molar-refractivity contribution in [2.24, 2.45) is 5.73 Å². The van der Waals surface area contributed by atoms with Crippen molar-refractivity contribution in [1.82, 2.24) is 0 Å². The lowest BCUT2D eigenvalue weighted by Gasteiger charge is -2.10. The Morgan fingerprint density at radius 2 is 2.00 bits per heavy atom. The summed E-state index contributed by atoms with van der Waals surface area (Å²) in [5.74, 6) is -0.914. The van der Waals surface area contributed by atoms with E-state index in [0.717, 1.165) is 6.07 Å². The summed E-state index contributed by atoms with van der Waals surface area (Å²) < 4.78 is 37.2. The molecule has 16 heavy (non-hydrogen) atoms. The SMILES string of the molecule is Cc1cc(C(F)(F)F)cc(C#N)c1C(N)=O. The van der Waals surface area contributed by atoms with E-state index in [-0.39, 0.29) is 16.7 Å². The Labute approximate surface area is 89.3 Å². The van der Waals surface area contributed by atoms with Crippen LogP contribution in [0.4, 0.5) is 13.2 Å². The van der Waals surface area contributed by atoms with Gasteiger partial charge in [-0.1, -0.05) is 0 Å². The number of rotatable bonds is 1. The second kappa shape index (κ2) is 3.85. The molecule has 0 saturated carbocycles. The largest absolute Gasteiger partial charge is 0.416 e. The van der Waals surface area contributed by atoms with E-state index in [1.165, 1.54) is 13.0 Å². The summed E-state index contributed by atoms with van der Waals surface area (Å²) >= 11 is 0. The first kappa shape index (κ1) is 12.0. The lowest BCUT2D eigenvalue weighted by atomic mass is 9.98. The van der Waals surface area contributed by atoms with Crippen molar-refractivity contribution in [1.29, 1.82) is 5.26 Å². The molecule has 3 nitrogen and oxygen atoms in total. The number of amides is 1. The van der Waals surface area contributed by atoms with Gasteiger partial charge in [-0.3, -0.25) is 4.79 Å². The van der Waals surface area contributed by atoms with Crippen molar-refractivity contribution in [3.8, 4) is 6.07 Å². The zero-order valence-electron chi connectivity index (χ0n) is 8.22. The Balaban J connectivity index is 3.52. The average Bonchev–Trinajstić information content (AvgIpc) is 2.14. The molecule has 0 aromatic heterocycles. The molecule has 6 heteroatoms. The maximum Gasteiger partial charge on any atom is 0.416 e. The predicted octanol–water partition coefficient (Wildman–Crippen LogP) is 1.98. The van der Waals surface area contributed by atoms with E-state index in [1.807, 2.05) is 0 Å². The van der Waals surface area contributed by atoms with Gasteiger partial charge in [-0.05, 0) is 24.6 Å². The number of carbonyl (C=O) groups excluding carboxylic acids is 1. The molecule has 0 fully saturated rings. The smallest absolute Gasteiger partial charge is 0.366 e. The Bertz CT molecular complexity index is 486. The molecule has 1 aromatic rings. The van der Waals surface area contributed by atoms with Crippen LogP contribution in [-0.4, -0.2) is 5.91 Å². The molecule has 1 amide bonds.